The van der Waals surface area contributed by atoms with E-state index in [0.29, 0.717) is 11.3 Å². The van der Waals surface area contributed by atoms with Crippen molar-refractivity contribution in [3.8, 4) is 0 Å². The van der Waals surface area contributed by atoms with Gasteiger partial charge in [-0.15, -0.1) is 5.06 Å². The van der Waals surface area contributed by atoms with Gasteiger partial charge in [0.2, 0.25) is 5.56 Å². The topological polar surface area (TPSA) is 79.5 Å². The quantitative estimate of drug-likeness (QED) is 0.798. The standard InChI is InChI=1S/C12H14N2O4/c1-12(2,3)11(17)18-14-8-6-13-9(15)4-7(8)5-10(14)16/h4,6H,5H2,1-3H3,(H,13,15). The number of nitrogens with zero attached hydrogens (tertiary/aromatic N) is 1. The van der Waals surface area contributed by atoms with Gasteiger partial charge in [-0.3, -0.25) is 9.59 Å². The van der Waals surface area contributed by atoms with Crippen molar-refractivity contribution in [2.75, 3.05) is 5.06 Å². The Morgan fingerprint density at radius 2 is 2.06 bits per heavy atom. The van der Waals surface area contributed by atoms with Gasteiger partial charge in [-0.25, -0.2) is 4.79 Å². The molecule has 0 bridgehead atoms. The monoisotopic (exact) mass is 250 g/mol. The van der Waals surface area contributed by atoms with E-state index in [0.717, 1.165) is 5.06 Å². The van der Waals surface area contributed by atoms with Gasteiger partial charge >= 0.3 is 5.97 Å². The van der Waals surface area contributed by atoms with E-state index in [9.17, 15) is 14.4 Å². The molecule has 0 spiro atoms. The Kier molecular flexibility index (Phi) is 2.73. The van der Waals surface area contributed by atoms with Crippen LogP contribution in [0.2, 0.25) is 0 Å². The summed E-state index contributed by atoms with van der Waals surface area (Å²) >= 11 is 0. The minimum atomic E-state index is -0.703. The first-order valence-corrected chi connectivity index (χ1v) is 5.56. The number of aromatic nitrogens is 1. The van der Waals surface area contributed by atoms with E-state index in [1.807, 2.05) is 0 Å². The first kappa shape index (κ1) is 12.3. The number of nitrogens with one attached hydrogen (secondary N) is 1. The van der Waals surface area contributed by atoms with Crippen molar-refractivity contribution in [1.29, 1.82) is 0 Å². The fourth-order valence-electron chi connectivity index (χ4n) is 1.53. The molecule has 18 heavy (non-hydrogen) atoms. The molecule has 0 atom stereocenters. The molecule has 0 unspecified atom stereocenters. The van der Waals surface area contributed by atoms with E-state index in [1.165, 1.54) is 12.3 Å². The zero-order valence-electron chi connectivity index (χ0n) is 10.4. The second-order valence-electron chi connectivity index (χ2n) is 5.20. The number of amides is 1. The van der Waals surface area contributed by atoms with E-state index < -0.39 is 11.4 Å². The molecular weight excluding hydrogens is 236 g/mol. The first-order chi connectivity index (χ1) is 8.29. The maximum absolute atomic E-state index is 11.8. The van der Waals surface area contributed by atoms with Crippen LogP contribution in [0.5, 0.6) is 0 Å². The third kappa shape index (κ3) is 2.13. The Hall–Kier alpha value is -2.11. The highest BCUT2D eigenvalue weighted by molar-refractivity contribution is 6.00. The van der Waals surface area contributed by atoms with Gasteiger partial charge in [0, 0.05) is 12.3 Å². The highest BCUT2D eigenvalue weighted by Crippen LogP contribution is 2.28. The molecule has 1 aromatic heterocycles. The van der Waals surface area contributed by atoms with Gasteiger partial charge in [0.05, 0.1) is 11.8 Å². The van der Waals surface area contributed by atoms with Crippen molar-refractivity contribution < 1.29 is 14.4 Å². The Morgan fingerprint density at radius 1 is 1.39 bits per heavy atom. The molecule has 0 fully saturated rings. The summed E-state index contributed by atoms with van der Waals surface area (Å²) in [6.45, 7) is 5.09. The molecule has 2 rings (SSSR count). The molecular formula is C12H14N2O4. The highest BCUT2D eigenvalue weighted by Gasteiger charge is 2.34. The Labute approximate surface area is 104 Å². The van der Waals surface area contributed by atoms with E-state index >= 15 is 0 Å². The number of carbonyl (C=O) groups is 2. The zero-order chi connectivity index (χ0) is 13.5. The van der Waals surface area contributed by atoms with Crippen LogP contribution in [-0.2, 0) is 20.8 Å². The fourth-order valence-corrected chi connectivity index (χ4v) is 1.53. The SMILES string of the molecule is CC(C)(C)C(=O)ON1C(=O)Cc2cc(=O)[nH]cc21. The molecule has 0 saturated carbocycles. The summed E-state index contributed by atoms with van der Waals surface area (Å²) in [4.78, 5) is 42.2. The molecule has 1 amide bonds. The second-order valence-corrected chi connectivity index (χ2v) is 5.20. The summed E-state index contributed by atoms with van der Waals surface area (Å²) in [5.41, 5.74) is -0.0150. The number of hydrogen-bond donors (Lipinski definition) is 1. The van der Waals surface area contributed by atoms with Gasteiger partial charge in [-0.2, -0.15) is 0 Å². The van der Waals surface area contributed by atoms with Gasteiger partial charge in [0.15, 0.2) is 0 Å². The molecule has 0 aliphatic carbocycles. The largest absolute Gasteiger partial charge is 0.338 e. The smallest absolute Gasteiger partial charge is 0.333 e. The van der Waals surface area contributed by atoms with Crippen LogP contribution in [0.3, 0.4) is 0 Å². The Morgan fingerprint density at radius 3 is 2.67 bits per heavy atom. The van der Waals surface area contributed by atoms with Crippen LogP contribution in [0, 0.1) is 5.41 Å². The third-order valence-corrected chi connectivity index (χ3v) is 2.56. The maximum Gasteiger partial charge on any atom is 0.338 e. The summed E-state index contributed by atoms with van der Waals surface area (Å²) in [5, 5.41) is 0.943. The van der Waals surface area contributed by atoms with Gasteiger partial charge in [-0.1, -0.05) is 0 Å². The highest BCUT2D eigenvalue weighted by atomic mass is 16.7. The van der Waals surface area contributed by atoms with Crippen molar-refractivity contribution in [3.05, 3.63) is 28.2 Å². The minimum Gasteiger partial charge on any atom is -0.333 e. The fraction of sp³-hybridized carbons (Fsp3) is 0.417. The van der Waals surface area contributed by atoms with Crippen LogP contribution in [0.1, 0.15) is 26.3 Å². The number of aromatic amines is 1. The summed E-state index contributed by atoms with van der Waals surface area (Å²) in [5.74, 6) is -0.864. The molecule has 1 N–H and O–H groups in total. The first-order valence-electron chi connectivity index (χ1n) is 5.56. The van der Waals surface area contributed by atoms with E-state index in [1.54, 1.807) is 20.8 Å². The molecule has 6 nitrogen and oxygen atoms in total. The average Bonchev–Trinajstić information content (AvgIpc) is 2.53. The van der Waals surface area contributed by atoms with Gasteiger partial charge in [-0.05, 0) is 26.3 Å². The van der Waals surface area contributed by atoms with Crippen LogP contribution in [0.25, 0.3) is 0 Å². The molecule has 96 valence electrons. The molecule has 1 aliphatic heterocycles. The molecule has 0 saturated heterocycles. The summed E-state index contributed by atoms with van der Waals surface area (Å²) in [6.07, 6.45) is 1.44. The molecule has 1 aromatic rings. The normalized spacial score (nSPS) is 14.6. The van der Waals surface area contributed by atoms with Crippen LogP contribution < -0.4 is 10.6 Å². The summed E-state index contributed by atoms with van der Waals surface area (Å²) in [6, 6.07) is 1.33. The number of rotatable bonds is 1. The van der Waals surface area contributed by atoms with Crippen LogP contribution in [0.4, 0.5) is 5.69 Å². The van der Waals surface area contributed by atoms with Crippen molar-refractivity contribution in [1.82, 2.24) is 4.98 Å². The number of carbonyl (C=O) groups excluding carboxylic acids is 2. The Bertz CT molecular complexity index is 568. The molecule has 0 aromatic carbocycles. The number of hydrogen-bond acceptors (Lipinski definition) is 4. The molecule has 1 aliphatic rings. The van der Waals surface area contributed by atoms with Crippen molar-refractivity contribution in [3.63, 3.8) is 0 Å². The molecule has 0 radical (unpaired) electrons. The third-order valence-electron chi connectivity index (χ3n) is 2.56. The van der Waals surface area contributed by atoms with E-state index in [4.69, 9.17) is 4.84 Å². The number of fused-ring (bicyclic) bond motifs is 1. The lowest BCUT2D eigenvalue weighted by atomic mass is 9.98. The molecule has 6 heteroatoms. The minimum absolute atomic E-state index is 0.0661. The number of H-pyrrole nitrogens is 1. The lowest BCUT2D eigenvalue weighted by molar-refractivity contribution is -0.157. The lowest BCUT2D eigenvalue weighted by Crippen LogP contribution is -2.35. The molecule has 2 heterocycles. The van der Waals surface area contributed by atoms with Crippen LogP contribution >= 0.6 is 0 Å². The maximum atomic E-state index is 11.8. The number of anilines is 1. The predicted molar refractivity (Wildman–Crippen MR) is 63.8 cm³/mol. The lowest BCUT2D eigenvalue weighted by Gasteiger charge is -2.21. The predicted octanol–water partition coefficient (Wildman–Crippen LogP) is 0.768. The summed E-state index contributed by atoms with van der Waals surface area (Å²) < 4.78 is 0. The van der Waals surface area contributed by atoms with E-state index in [-0.39, 0.29) is 17.9 Å². The van der Waals surface area contributed by atoms with Crippen molar-refractivity contribution >= 4 is 17.6 Å². The van der Waals surface area contributed by atoms with Gasteiger partial charge in [0.25, 0.3) is 5.91 Å². The van der Waals surface area contributed by atoms with E-state index in [2.05, 4.69) is 4.98 Å². The van der Waals surface area contributed by atoms with Gasteiger partial charge in [0.1, 0.15) is 5.69 Å². The Balaban J connectivity index is 2.29. The average molecular weight is 250 g/mol. The van der Waals surface area contributed by atoms with Crippen LogP contribution in [-0.4, -0.2) is 16.9 Å². The van der Waals surface area contributed by atoms with Crippen LogP contribution in [0.15, 0.2) is 17.1 Å². The van der Waals surface area contributed by atoms with Crippen molar-refractivity contribution in [2.24, 2.45) is 5.41 Å². The zero-order valence-corrected chi connectivity index (χ0v) is 10.4. The second kappa shape index (κ2) is 3.97. The van der Waals surface area contributed by atoms with Crippen molar-refractivity contribution in [2.45, 2.75) is 27.2 Å². The number of hydroxylamine groups is 1. The number of pyridine rings is 1. The van der Waals surface area contributed by atoms with Gasteiger partial charge < -0.3 is 9.82 Å². The summed E-state index contributed by atoms with van der Waals surface area (Å²) in [7, 11) is 0.